The average Bonchev–Trinajstić information content (AvgIpc) is 2.68. The first kappa shape index (κ1) is 10.4. The molecule has 2 amide bonds. The number of hydrogen-bond acceptors (Lipinski definition) is 6. The molecule has 0 bridgehead atoms. The number of nitrogens with two attached hydrogens (primary N) is 1. The van der Waals surface area contributed by atoms with Gasteiger partial charge in [-0.3, -0.25) is 9.59 Å². The largest absolute Gasteiger partial charge is 0.379 e. The molecule has 0 spiro atoms. The highest BCUT2D eigenvalue weighted by Gasteiger charge is 2.26. The van der Waals surface area contributed by atoms with Crippen molar-refractivity contribution in [2.24, 2.45) is 0 Å². The van der Waals surface area contributed by atoms with Crippen molar-refractivity contribution < 1.29 is 14.2 Å². The minimum atomic E-state index is -0.555. The Labute approximate surface area is 90.5 Å². The number of carbonyl (C=O) groups excluding carboxylic acids is 2. The fourth-order valence-electron chi connectivity index (χ4n) is 1.49. The van der Waals surface area contributed by atoms with E-state index in [-0.39, 0.29) is 17.4 Å². The molecule has 1 saturated heterocycles. The van der Waals surface area contributed by atoms with Gasteiger partial charge in [0, 0.05) is 6.54 Å². The Hall–Kier alpha value is -2.12. The Morgan fingerprint density at radius 1 is 1.56 bits per heavy atom. The van der Waals surface area contributed by atoms with Crippen LogP contribution in [0.3, 0.4) is 0 Å². The third-order valence-electron chi connectivity index (χ3n) is 2.32. The number of carbonyl (C=O) groups is 2. The fraction of sp³-hybridized carbons (Fsp3) is 0.500. The van der Waals surface area contributed by atoms with Gasteiger partial charge < -0.3 is 16.4 Å². The maximum atomic E-state index is 11.6. The SMILES string of the molecule is Nc1nonc1C(=O)NC1CCCNC1=O. The number of hydrogen-bond donors (Lipinski definition) is 3. The molecule has 1 aliphatic heterocycles. The van der Waals surface area contributed by atoms with Crippen molar-refractivity contribution in [3.8, 4) is 0 Å². The Morgan fingerprint density at radius 3 is 3.00 bits per heavy atom. The number of amides is 2. The van der Waals surface area contributed by atoms with Gasteiger partial charge >= 0.3 is 0 Å². The molecule has 0 aliphatic carbocycles. The first-order valence-corrected chi connectivity index (χ1v) is 4.85. The van der Waals surface area contributed by atoms with E-state index < -0.39 is 11.9 Å². The van der Waals surface area contributed by atoms with Gasteiger partial charge in [0.1, 0.15) is 6.04 Å². The van der Waals surface area contributed by atoms with Gasteiger partial charge in [-0.05, 0) is 23.2 Å². The van der Waals surface area contributed by atoms with E-state index in [1.165, 1.54) is 0 Å². The summed E-state index contributed by atoms with van der Waals surface area (Å²) in [6.45, 7) is 0.638. The van der Waals surface area contributed by atoms with Crippen LogP contribution in [-0.4, -0.2) is 34.7 Å². The molecule has 1 atom stereocenters. The monoisotopic (exact) mass is 225 g/mol. The normalized spacial score (nSPS) is 20.2. The van der Waals surface area contributed by atoms with Gasteiger partial charge in [-0.2, -0.15) is 0 Å². The zero-order valence-electron chi connectivity index (χ0n) is 8.40. The van der Waals surface area contributed by atoms with Crippen molar-refractivity contribution in [1.82, 2.24) is 20.9 Å². The van der Waals surface area contributed by atoms with Crippen LogP contribution in [0, 0.1) is 0 Å². The van der Waals surface area contributed by atoms with E-state index >= 15 is 0 Å². The van der Waals surface area contributed by atoms with Gasteiger partial charge in [0.2, 0.25) is 17.4 Å². The Morgan fingerprint density at radius 2 is 2.38 bits per heavy atom. The number of aromatic nitrogens is 2. The number of anilines is 1. The molecule has 1 fully saturated rings. The van der Waals surface area contributed by atoms with Gasteiger partial charge in [-0.25, -0.2) is 4.63 Å². The summed E-state index contributed by atoms with van der Waals surface area (Å²) in [5, 5.41) is 11.8. The molecule has 0 radical (unpaired) electrons. The zero-order chi connectivity index (χ0) is 11.5. The molecular weight excluding hydrogens is 214 g/mol. The van der Waals surface area contributed by atoms with Crippen LogP contribution in [0.1, 0.15) is 23.3 Å². The second-order valence-corrected chi connectivity index (χ2v) is 3.46. The summed E-state index contributed by atoms with van der Waals surface area (Å²) in [5.41, 5.74) is 5.25. The molecule has 0 aromatic carbocycles. The molecule has 0 saturated carbocycles. The van der Waals surface area contributed by atoms with Crippen molar-refractivity contribution in [2.45, 2.75) is 18.9 Å². The maximum absolute atomic E-state index is 11.6. The fourth-order valence-corrected chi connectivity index (χ4v) is 1.49. The Bertz CT molecular complexity index is 416. The van der Waals surface area contributed by atoms with Crippen LogP contribution in [0.5, 0.6) is 0 Å². The number of nitrogens with one attached hydrogen (secondary N) is 2. The van der Waals surface area contributed by atoms with Gasteiger partial charge in [0.15, 0.2) is 0 Å². The van der Waals surface area contributed by atoms with Gasteiger partial charge in [0.25, 0.3) is 5.91 Å². The first-order valence-electron chi connectivity index (χ1n) is 4.85. The lowest BCUT2D eigenvalue weighted by Gasteiger charge is -2.22. The highest BCUT2D eigenvalue weighted by Crippen LogP contribution is 2.07. The minimum absolute atomic E-state index is 0.0892. The quantitative estimate of drug-likeness (QED) is 0.572. The van der Waals surface area contributed by atoms with E-state index in [9.17, 15) is 9.59 Å². The lowest BCUT2D eigenvalue weighted by atomic mass is 10.1. The highest BCUT2D eigenvalue weighted by molar-refractivity contribution is 5.99. The Kier molecular flexibility index (Phi) is 2.71. The van der Waals surface area contributed by atoms with Crippen LogP contribution in [0.4, 0.5) is 5.82 Å². The lowest BCUT2D eigenvalue weighted by Crippen LogP contribution is -2.50. The van der Waals surface area contributed by atoms with Gasteiger partial charge in [-0.15, -0.1) is 0 Å². The minimum Gasteiger partial charge on any atom is -0.379 e. The molecule has 1 unspecified atom stereocenters. The summed E-state index contributed by atoms with van der Waals surface area (Å²) < 4.78 is 4.30. The van der Waals surface area contributed by atoms with Crippen LogP contribution >= 0.6 is 0 Å². The molecule has 8 heteroatoms. The molecule has 2 heterocycles. The third-order valence-corrected chi connectivity index (χ3v) is 2.32. The van der Waals surface area contributed by atoms with Crippen molar-refractivity contribution in [1.29, 1.82) is 0 Å². The highest BCUT2D eigenvalue weighted by atomic mass is 16.6. The Balaban J connectivity index is 2.02. The predicted octanol–water partition coefficient (Wildman–Crippen LogP) is -1.34. The van der Waals surface area contributed by atoms with E-state index in [1.54, 1.807) is 0 Å². The molecule has 1 aliphatic rings. The van der Waals surface area contributed by atoms with E-state index in [0.717, 1.165) is 6.42 Å². The predicted molar refractivity (Wildman–Crippen MR) is 52.2 cm³/mol. The molecule has 1 aromatic heterocycles. The topological polar surface area (TPSA) is 123 Å². The average molecular weight is 225 g/mol. The molecule has 86 valence electrons. The first-order chi connectivity index (χ1) is 7.68. The van der Waals surface area contributed by atoms with E-state index in [2.05, 4.69) is 25.6 Å². The smallest absolute Gasteiger partial charge is 0.278 e. The van der Waals surface area contributed by atoms with E-state index in [0.29, 0.717) is 13.0 Å². The third kappa shape index (κ3) is 1.95. The second-order valence-electron chi connectivity index (χ2n) is 3.46. The maximum Gasteiger partial charge on any atom is 0.278 e. The van der Waals surface area contributed by atoms with Crippen molar-refractivity contribution in [3.05, 3.63) is 5.69 Å². The summed E-state index contributed by atoms with van der Waals surface area (Å²) >= 11 is 0. The number of nitrogen functional groups attached to an aromatic ring is 1. The molecule has 16 heavy (non-hydrogen) atoms. The molecule has 8 nitrogen and oxygen atoms in total. The second kappa shape index (κ2) is 4.17. The summed E-state index contributed by atoms with van der Waals surface area (Å²) in [4.78, 5) is 23.0. The number of nitrogens with zero attached hydrogens (tertiary/aromatic N) is 2. The number of piperidine rings is 1. The summed E-state index contributed by atoms with van der Waals surface area (Å²) in [6, 6.07) is -0.544. The van der Waals surface area contributed by atoms with Crippen LogP contribution in [0.2, 0.25) is 0 Å². The molecule has 4 N–H and O–H groups in total. The molecule has 2 rings (SSSR count). The molecule has 1 aromatic rings. The van der Waals surface area contributed by atoms with Crippen molar-refractivity contribution in [3.63, 3.8) is 0 Å². The van der Waals surface area contributed by atoms with Gasteiger partial charge in [-0.1, -0.05) is 0 Å². The van der Waals surface area contributed by atoms with E-state index in [4.69, 9.17) is 5.73 Å². The lowest BCUT2D eigenvalue weighted by molar-refractivity contribution is -0.124. The van der Waals surface area contributed by atoms with Crippen molar-refractivity contribution >= 4 is 17.6 Å². The van der Waals surface area contributed by atoms with Crippen molar-refractivity contribution in [2.75, 3.05) is 12.3 Å². The summed E-state index contributed by atoms with van der Waals surface area (Å²) in [6.07, 6.45) is 1.42. The number of rotatable bonds is 2. The van der Waals surface area contributed by atoms with Gasteiger partial charge in [0.05, 0.1) is 0 Å². The molecular formula is C8H11N5O3. The standard InChI is InChI=1S/C8H11N5O3/c9-6-5(12-16-13-6)8(15)11-4-2-1-3-10-7(4)14/h4H,1-3H2,(H2,9,13)(H,10,14)(H,11,15). The van der Waals surface area contributed by atoms with Crippen LogP contribution in [-0.2, 0) is 4.79 Å². The summed E-state index contributed by atoms with van der Waals surface area (Å²) in [5.74, 6) is -0.843. The van der Waals surface area contributed by atoms with Crippen LogP contribution in [0.15, 0.2) is 4.63 Å². The van der Waals surface area contributed by atoms with E-state index in [1.807, 2.05) is 0 Å². The zero-order valence-corrected chi connectivity index (χ0v) is 8.40. The van der Waals surface area contributed by atoms with Crippen LogP contribution in [0.25, 0.3) is 0 Å². The van der Waals surface area contributed by atoms with Crippen LogP contribution < -0.4 is 16.4 Å². The summed E-state index contributed by atoms with van der Waals surface area (Å²) in [7, 11) is 0.